The summed E-state index contributed by atoms with van der Waals surface area (Å²) in [4.78, 5) is 41.5. The second-order valence-electron chi connectivity index (χ2n) is 8.64. The second-order valence-corrected chi connectivity index (χ2v) is 8.64. The summed E-state index contributed by atoms with van der Waals surface area (Å²) < 4.78 is 14.1. The number of halogens is 1. The molecule has 2 heterocycles. The van der Waals surface area contributed by atoms with Crippen LogP contribution in [0, 0.1) is 31.5 Å². The van der Waals surface area contributed by atoms with Gasteiger partial charge in [0.2, 0.25) is 11.8 Å². The summed E-state index contributed by atoms with van der Waals surface area (Å²) in [7, 11) is 0. The zero-order valence-corrected chi connectivity index (χ0v) is 17.9. The Morgan fingerprint density at radius 3 is 2.39 bits per heavy atom. The first-order valence-corrected chi connectivity index (χ1v) is 10.8. The number of amides is 2. The Morgan fingerprint density at radius 1 is 1.00 bits per heavy atom. The number of benzene rings is 2. The monoisotopic (exact) mass is 422 g/mol. The van der Waals surface area contributed by atoms with Gasteiger partial charge in [-0.1, -0.05) is 35.9 Å². The number of likely N-dealkylation sites (tertiary alicyclic amines) is 1. The summed E-state index contributed by atoms with van der Waals surface area (Å²) in [6.07, 6.45) is 1.33. The molecule has 2 aromatic carbocycles. The minimum atomic E-state index is -0.473. The molecule has 0 aliphatic carbocycles. The molecule has 0 saturated carbocycles. The molecule has 1 atom stereocenters. The van der Waals surface area contributed by atoms with Crippen LogP contribution in [0.5, 0.6) is 0 Å². The van der Waals surface area contributed by atoms with E-state index in [1.54, 1.807) is 23.1 Å². The molecule has 31 heavy (non-hydrogen) atoms. The maximum atomic E-state index is 14.1. The summed E-state index contributed by atoms with van der Waals surface area (Å²) in [5.74, 6) is -1.20. The van der Waals surface area contributed by atoms with Crippen molar-refractivity contribution in [3.05, 3.63) is 65.0 Å². The van der Waals surface area contributed by atoms with E-state index < -0.39 is 11.7 Å². The molecule has 2 fully saturated rings. The number of Topliss-reactive ketones (excluding diaryl/α,β-unsaturated/α-hetero) is 1. The number of carbonyl (C=O) groups is 3. The fourth-order valence-electron chi connectivity index (χ4n) is 4.71. The van der Waals surface area contributed by atoms with Crippen molar-refractivity contribution in [2.24, 2.45) is 11.8 Å². The van der Waals surface area contributed by atoms with Crippen LogP contribution in [0.3, 0.4) is 0 Å². The van der Waals surface area contributed by atoms with Crippen LogP contribution in [-0.2, 0) is 9.59 Å². The van der Waals surface area contributed by atoms with Crippen LogP contribution in [0.2, 0.25) is 0 Å². The van der Waals surface area contributed by atoms with E-state index in [1.807, 2.05) is 32.0 Å². The van der Waals surface area contributed by atoms with Gasteiger partial charge in [0.15, 0.2) is 5.78 Å². The summed E-state index contributed by atoms with van der Waals surface area (Å²) >= 11 is 0. The molecular weight excluding hydrogens is 395 g/mol. The van der Waals surface area contributed by atoms with Crippen molar-refractivity contribution in [3.8, 4) is 0 Å². The number of carbonyl (C=O) groups excluding carboxylic acids is 3. The van der Waals surface area contributed by atoms with Crippen molar-refractivity contribution in [1.82, 2.24) is 4.90 Å². The molecule has 0 aromatic heterocycles. The van der Waals surface area contributed by atoms with Gasteiger partial charge in [-0.15, -0.1) is 0 Å². The van der Waals surface area contributed by atoms with Crippen LogP contribution < -0.4 is 4.90 Å². The van der Waals surface area contributed by atoms with Crippen molar-refractivity contribution < 1.29 is 18.8 Å². The zero-order chi connectivity index (χ0) is 22.1. The van der Waals surface area contributed by atoms with Gasteiger partial charge in [0.05, 0.1) is 11.6 Å². The van der Waals surface area contributed by atoms with Gasteiger partial charge in [-0.3, -0.25) is 14.4 Å². The number of piperidine rings is 1. The Morgan fingerprint density at radius 2 is 1.71 bits per heavy atom. The summed E-state index contributed by atoms with van der Waals surface area (Å²) in [6, 6.07) is 12.0. The third-order valence-electron chi connectivity index (χ3n) is 6.44. The van der Waals surface area contributed by atoms with E-state index in [9.17, 15) is 18.8 Å². The van der Waals surface area contributed by atoms with Crippen molar-refractivity contribution in [3.63, 3.8) is 0 Å². The molecule has 162 valence electrons. The van der Waals surface area contributed by atoms with Gasteiger partial charge >= 0.3 is 0 Å². The van der Waals surface area contributed by atoms with Gasteiger partial charge in [-0.25, -0.2) is 4.39 Å². The lowest BCUT2D eigenvalue weighted by Gasteiger charge is -2.33. The fraction of sp³-hybridized carbons (Fsp3) is 0.400. The van der Waals surface area contributed by atoms with Gasteiger partial charge in [-0.2, -0.15) is 0 Å². The van der Waals surface area contributed by atoms with E-state index in [0.717, 1.165) is 16.7 Å². The molecule has 0 bridgehead atoms. The molecule has 0 radical (unpaired) electrons. The maximum Gasteiger partial charge on any atom is 0.228 e. The Labute approximate surface area is 181 Å². The molecule has 2 aromatic rings. The van der Waals surface area contributed by atoms with Crippen LogP contribution in [-0.4, -0.2) is 42.1 Å². The predicted molar refractivity (Wildman–Crippen MR) is 116 cm³/mol. The van der Waals surface area contributed by atoms with E-state index in [-0.39, 0.29) is 42.2 Å². The third kappa shape index (κ3) is 4.24. The molecule has 0 N–H and O–H groups in total. The lowest BCUT2D eigenvalue weighted by atomic mass is 9.86. The maximum absolute atomic E-state index is 14.1. The summed E-state index contributed by atoms with van der Waals surface area (Å²) in [5, 5.41) is 0. The number of para-hydroxylation sites is 1. The zero-order valence-electron chi connectivity index (χ0n) is 17.9. The fourth-order valence-corrected chi connectivity index (χ4v) is 4.71. The van der Waals surface area contributed by atoms with E-state index in [4.69, 9.17) is 0 Å². The molecular formula is C25H27FN2O3. The van der Waals surface area contributed by atoms with Crippen molar-refractivity contribution in [2.75, 3.05) is 24.5 Å². The SMILES string of the molecule is Cc1ccc(C(=O)C2CCN(C(=O)C3CC(=O)N(c4ccccc4F)C3)CC2)c(C)c1. The van der Waals surface area contributed by atoms with Crippen LogP contribution in [0.4, 0.5) is 10.1 Å². The highest BCUT2D eigenvalue weighted by Crippen LogP contribution is 2.30. The first kappa shape index (κ1) is 21.2. The van der Waals surface area contributed by atoms with Crippen LogP contribution in [0.25, 0.3) is 0 Å². The van der Waals surface area contributed by atoms with E-state index in [0.29, 0.717) is 25.9 Å². The molecule has 4 rings (SSSR count). The smallest absolute Gasteiger partial charge is 0.228 e. The van der Waals surface area contributed by atoms with Crippen LogP contribution in [0.1, 0.15) is 40.7 Å². The van der Waals surface area contributed by atoms with Crippen molar-refractivity contribution in [1.29, 1.82) is 0 Å². The Bertz CT molecular complexity index is 1030. The lowest BCUT2D eigenvalue weighted by molar-refractivity contribution is -0.137. The highest BCUT2D eigenvalue weighted by Gasteiger charge is 2.39. The Balaban J connectivity index is 1.37. The number of hydrogen-bond acceptors (Lipinski definition) is 3. The molecule has 2 amide bonds. The molecule has 2 saturated heterocycles. The minimum absolute atomic E-state index is 0.0791. The number of ketones is 1. The number of nitrogens with zero attached hydrogens (tertiary/aromatic N) is 2. The highest BCUT2D eigenvalue weighted by atomic mass is 19.1. The van der Waals surface area contributed by atoms with E-state index in [2.05, 4.69) is 0 Å². The summed E-state index contributed by atoms with van der Waals surface area (Å²) in [6.45, 7) is 5.17. The predicted octanol–water partition coefficient (Wildman–Crippen LogP) is 3.92. The minimum Gasteiger partial charge on any atom is -0.342 e. The van der Waals surface area contributed by atoms with Crippen LogP contribution in [0.15, 0.2) is 42.5 Å². The van der Waals surface area contributed by atoms with Crippen molar-refractivity contribution in [2.45, 2.75) is 33.1 Å². The summed E-state index contributed by atoms with van der Waals surface area (Å²) in [5.41, 5.74) is 3.10. The van der Waals surface area contributed by atoms with E-state index >= 15 is 0 Å². The first-order valence-electron chi connectivity index (χ1n) is 10.8. The highest BCUT2D eigenvalue weighted by molar-refractivity contribution is 6.01. The molecule has 2 aliphatic heterocycles. The topological polar surface area (TPSA) is 57.7 Å². The van der Waals surface area contributed by atoms with E-state index in [1.165, 1.54) is 11.0 Å². The molecule has 6 heteroatoms. The lowest BCUT2D eigenvalue weighted by Crippen LogP contribution is -2.43. The molecule has 2 aliphatic rings. The van der Waals surface area contributed by atoms with Gasteiger partial charge < -0.3 is 9.80 Å². The standard InChI is InChI=1S/C25H27FN2O3/c1-16-7-8-20(17(2)13-16)24(30)18-9-11-27(12-10-18)25(31)19-14-23(29)28(15-19)22-6-4-3-5-21(22)26/h3-8,13,18-19H,9-12,14-15H2,1-2H3. The largest absolute Gasteiger partial charge is 0.342 e. The number of anilines is 1. The second kappa shape index (κ2) is 8.61. The quantitative estimate of drug-likeness (QED) is 0.702. The van der Waals surface area contributed by atoms with Gasteiger partial charge in [-0.05, 0) is 44.4 Å². The number of hydrogen-bond donors (Lipinski definition) is 0. The molecule has 0 spiro atoms. The van der Waals surface area contributed by atoms with Gasteiger partial charge in [0.1, 0.15) is 5.82 Å². The van der Waals surface area contributed by atoms with Crippen molar-refractivity contribution >= 4 is 23.3 Å². The first-order chi connectivity index (χ1) is 14.8. The number of rotatable bonds is 4. The third-order valence-corrected chi connectivity index (χ3v) is 6.44. The molecule has 5 nitrogen and oxygen atoms in total. The Kier molecular flexibility index (Phi) is 5.90. The van der Waals surface area contributed by atoms with Gasteiger partial charge in [0, 0.05) is 37.5 Å². The molecule has 1 unspecified atom stereocenters. The van der Waals surface area contributed by atoms with Crippen LogP contribution >= 0.6 is 0 Å². The Hall–Kier alpha value is -3.02. The average molecular weight is 423 g/mol. The average Bonchev–Trinajstić information content (AvgIpc) is 3.14. The normalized spacial score (nSPS) is 19.7. The number of aryl methyl sites for hydroxylation is 2. The van der Waals surface area contributed by atoms with Gasteiger partial charge in [0.25, 0.3) is 0 Å².